The number of hydrogen-bond donors (Lipinski definition) is 1. The molecule has 1 fully saturated rings. The summed E-state index contributed by atoms with van der Waals surface area (Å²) in [7, 11) is 0. The smallest absolute Gasteiger partial charge is 0.340 e. The van der Waals surface area contributed by atoms with Crippen molar-refractivity contribution < 1.29 is 19.1 Å². The number of thiophene rings is 1. The minimum atomic E-state index is -0.699. The van der Waals surface area contributed by atoms with E-state index < -0.39 is 5.97 Å². The SMILES string of the molecule is Nc1ccc(Cl)cc1C(=O)OCC(=O)N1CCN(C(=O)c2cccs2)CC1. The predicted octanol–water partition coefficient (Wildman–Crippen LogP) is 2.13. The molecule has 0 aliphatic carbocycles. The molecule has 1 aromatic carbocycles. The number of nitrogens with two attached hydrogens (primary N) is 1. The Labute approximate surface area is 165 Å². The van der Waals surface area contributed by atoms with Crippen molar-refractivity contribution in [1.82, 2.24) is 9.80 Å². The van der Waals surface area contributed by atoms with Gasteiger partial charge in [0.1, 0.15) is 0 Å². The van der Waals surface area contributed by atoms with E-state index in [9.17, 15) is 14.4 Å². The van der Waals surface area contributed by atoms with Crippen molar-refractivity contribution in [3.8, 4) is 0 Å². The number of ether oxygens (including phenoxy) is 1. The van der Waals surface area contributed by atoms with Gasteiger partial charge in [-0.15, -0.1) is 11.3 Å². The first-order chi connectivity index (χ1) is 13.0. The number of amides is 2. The summed E-state index contributed by atoms with van der Waals surface area (Å²) in [6, 6.07) is 8.09. The van der Waals surface area contributed by atoms with E-state index in [1.54, 1.807) is 21.9 Å². The third-order valence-electron chi connectivity index (χ3n) is 4.21. The molecule has 142 valence electrons. The van der Waals surface area contributed by atoms with Gasteiger partial charge in [-0.2, -0.15) is 0 Å². The molecule has 27 heavy (non-hydrogen) atoms. The molecular formula is C18H18ClN3O4S. The van der Waals surface area contributed by atoms with Gasteiger partial charge in [0, 0.05) is 36.9 Å². The maximum Gasteiger partial charge on any atom is 0.340 e. The minimum Gasteiger partial charge on any atom is -0.452 e. The number of piperazine rings is 1. The normalized spacial score (nSPS) is 14.1. The number of nitrogens with zero attached hydrogens (tertiary/aromatic N) is 2. The van der Waals surface area contributed by atoms with Gasteiger partial charge in [-0.05, 0) is 29.6 Å². The summed E-state index contributed by atoms with van der Waals surface area (Å²) in [6.07, 6.45) is 0. The molecule has 2 N–H and O–H groups in total. The molecule has 1 aromatic heterocycles. The molecule has 1 saturated heterocycles. The fourth-order valence-electron chi connectivity index (χ4n) is 2.72. The number of rotatable bonds is 4. The number of anilines is 1. The summed E-state index contributed by atoms with van der Waals surface area (Å²) in [5, 5.41) is 2.21. The lowest BCUT2D eigenvalue weighted by Gasteiger charge is -2.34. The summed E-state index contributed by atoms with van der Waals surface area (Å²) in [6.45, 7) is 1.29. The van der Waals surface area contributed by atoms with Crippen LogP contribution in [0.4, 0.5) is 5.69 Å². The van der Waals surface area contributed by atoms with E-state index in [1.165, 1.54) is 23.5 Å². The van der Waals surface area contributed by atoms with E-state index in [1.807, 2.05) is 11.4 Å². The van der Waals surface area contributed by atoms with E-state index in [0.717, 1.165) is 0 Å². The molecule has 0 radical (unpaired) electrons. The Morgan fingerprint density at radius 2 is 1.81 bits per heavy atom. The van der Waals surface area contributed by atoms with Crippen molar-refractivity contribution in [1.29, 1.82) is 0 Å². The Kier molecular flexibility index (Phi) is 5.98. The minimum absolute atomic E-state index is 0.0278. The van der Waals surface area contributed by atoms with Crippen molar-refractivity contribution in [2.45, 2.75) is 0 Å². The summed E-state index contributed by atoms with van der Waals surface area (Å²) < 4.78 is 5.06. The zero-order chi connectivity index (χ0) is 19.4. The molecular weight excluding hydrogens is 390 g/mol. The number of hydrogen-bond acceptors (Lipinski definition) is 6. The molecule has 0 unspecified atom stereocenters. The Balaban J connectivity index is 1.49. The van der Waals surface area contributed by atoms with E-state index in [-0.39, 0.29) is 29.7 Å². The van der Waals surface area contributed by atoms with Crippen LogP contribution in [0.1, 0.15) is 20.0 Å². The Bertz CT molecular complexity index is 848. The number of esters is 1. The first-order valence-corrected chi connectivity index (χ1v) is 9.54. The van der Waals surface area contributed by atoms with Crippen LogP contribution in [0.5, 0.6) is 0 Å². The summed E-state index contributed by atoms with van der Waals surface area (Å²) >= 11 is 7.25. The Hall–Kier alpha value is -2.58. The number of halogens is 1. The molecule has 0 atom stereocenters. The highest BCUT2D eigenvalue weighted by Gasteiger charge is 2.26. The topological polar surface area (TPSA) is 92.9 Å². The van der Waals surface area contributed by atoms with Crippen LogP contribution < -0.4 is 5.73 Å². The summed E-state index contributed by atoms with van der Waals surface area (Å²) in [5.74, 6) is -1.04. The number of nitrogen functional groups attached to an aromatic ring is 1. The fourth-order valence-corrected chi connectivity index (χ4v) is 3.58. The van der Waals surface area contributed by atoms with Gasteiger partial charge in [-0.3, -0.25) is 9.59 Å². The Morgan fingerprint density at radius 1 is 1.11 bits per heavy atom. The monoisotopic (exact) mass is 407 g/mol. The second-order valence-corrected chi connectivity index (χ2v) is 7.34. The third kappa shape index (κ3) is 4.58. The predicted molar refractivity (Wildman–Crippen MR) is 103 cm³/mol. The molecule has 9 heteroatoms. The van der Waals surface area contributed by atoms with Gasteiger partial charge >= 0.3 is 5.97 Å². The lowest BCUT2D eigenvalue weighted by atomic mass is 10.2. The molecule has 2 aromatic rings. The summed E-state index contributed by atoms with van der Waals surface area (Å²) in [5.41, 5.74) is 6.09. The average Bonchev–Trinajstić information content (AvgIpc) is 3.22. The number of benzene rings is 1. The lowest BCUT2D eigenvalue weighted by Crippen LogP contribution is -2.51. The van der Waals surface area contributed by atoms with Gasteiger partial charge in [0.25, 0.3) is 11.8 Å². The molecule has 7 nitrogen and oxygen atoms in total. The van der Waals surface area contributed by atoms with Crippen LogP contribution in [0.3, 0.4) is 0 Å². The molecule has 2 amide bonds. The van der Waals surface area contributed by atoms with Gasteiger partial charge in [-0.1, -0.05) is 17.7 Å². The van der Waals surface area contributed by atoms with E-state index >= 15 is 0 Å². The number of carbonyl (C=O) groups is 3. The van der Waals surface area contributed by atoms with Crippen molar-refractivity contribution in [3.63, 3.8) is 0 Å². The van der Waals surface area contributed by atoms with Crippen molar-refractivity contribution >= 4 is 46.4 Å². The summed E-state index contributed by atoms with van der Waals surface area (Å²) in [4.78, 5) is 40.7. The van der Waals surface area contributed by atoms with Gasteiger partial charge < -0.3 is 20.3 Å². The van der Waals surface area contributed by atoms with Crippen LogP contribution in [0.2, 0.25) is 5.02 Å². The lowest BCUT2D eigenvalue weighted by molar-refractivity contribution is -0.136. The van der Waals surface area contributed by atoms with Gasteiger partial charge in [0.05, 0.1) is 10.4 Å². The molecule has 3 rings (SSSR count). The van der Waals surface area contributed by atoms with Crippen LogP contribution in [0.25, 0.3) is 0 Å². The van der Waals surface area contributed by atoms with Crippen LogP contribution in [-0.2, 0) is 9.53 Å². The highest BCUT2D eigenvalue weighted by Crippen LogP contribution is 2.19. The van der Waals surface area contributed by atoms with Crippen molar-refractivity contribution in [2.24, 2.45) is 0 Å². The highest BCUT2D eigenvalue weighted by molar-refractivity contribution is 7.12. The van der Waals surface area contributed by atoms with Crippen molar-refractivity contribution in [2.75, 3.05) is 38.5 Å². The zero-order valence-corrected chi connectivity index (χ0v) is 16.0. The first kappa shape index (κ1) is 19.2. The third-order valence-corrected chi connectivity index (χ3v) is 5.31. The quantitative estimate of drug-likeness (QED) is 0.619. The molecule has 0 bridgehead atoms. The molecule has 1 aliphatic rings. The maximum atomic E-state index is 12.3. The van der Waals surface area contributed by atoms with Gasteiger partial charge in [-0.25, -0.2) is 4.79 Å². The molecule has 0 saturated carbocycles. The molecule has 0 spiro atoms. The molecule has 1 aliphatic heterocycles. The highest BCUT2D eigenvalue weighted by atomic mass is 35.5. The van der Waals surface area contributed by atoms with Crippen LogP contribution in [-0.4, -0.2) is 60.4 Å². The number of carbonyl (C=O) groups excluding carboxylic acids is 3. The zero-order valence-electron chi connectivity index (χ0n) is 14.4. The fraction of sp³-hybridized carbons (Fsp3) is 0.278. The van der Waals surface area contributed by atoms with Gasteiger partial charge in [0.2, 0.25) is 0 Å². The van der Waals surface area contributed by atoms with E-state index in [0.29, 0.717) is 36.1 Å². The largest absolute Gasteiger partial charge is 0.452 e. The second-order valence-electron chi connectivity index (χ2n) is 5.96. The molecule has 2 heterocycles. The van der Waals surface area contributed by atoms with Crippen molar-refractivity contribution in [3.05, 3.63) is 51.2 Å². The van der Waals surface area contributed by atoms with E-state index in [2.05, 4.69) is 0 Å². The van der Waals surface area contributed by atoms with Crippen LogP contribution in [0, 0.1) is 0 Å². The van der Waals surface area contributed by atoms with Crippen LogP contribution >= 0.6 is 22.9 Å². The second kappa shape index (κ2) is 8.41. The standard InChI is InChI=1S/C18H18ClN3O4S/c19-12-3-4-14(20)13(10-12)18(25)26-11-16(23)21-5-7-22(8-6-21)17(24)15-2-1-9-27-15/h1-4,9-10H,5-8,11,20H2. The maximum absolute atomic E-state index is 12.3. The first-order valence-electron chi connectivity index (χ1n) is 8.28. The Morgan fingerprint density at radius 3 is 2.48 bits per heavy atom. The van der Waals surface area contributed by atoms with Gasteiger partial charge in [0.15, 0.2) is 6.61 Å². The van der Waals surface area contributed by atoms with Crippen LogP contribution in [0.15, 0.2) is 35.7 Å². The average molecular weight is 408 g/mol. The van der Waals surface area contributed by atoms with E-state index in [4.69, 9.17) is 22.1 Å².